The van der Waals surface area contributed by atoms with Gasteiger partial charge in [-0.05, 0) is 62.8 Å². The molecule has 98 valence electrons. The minimum absolute atomic E-state index is 0.412. The maximum absolute atomic E-state index is 5.74. The summed E-state index contributed by atoms with van der Waals surface area (Å²) in [6.07, 6.45) is 13.8. The van der Waals surface area contributed by atoms with E-state index in [-0.39, 0.29) is 0 Å². The van der Waals surface area contributed by atoms with Crippen molar-refractivity contribution in [3.8, 4) is 0 Å². The summed E-state index contributed by atoms with van der Waals surface area (Å²) in [6.45, 7) is 0.734. The van der Waals surface area contributed by atoms with Gasteiger partial charge in [0.1, 0.15) is 0 Å². The Morgan fingerprint density at radius 3 is 2.33 bits per heavy atom. The van der Waals surface area contributed by atoms with Crippen LogP contribution in [0.15, 0.2) is 12.5 Å². The van der Waals surface area contributed by atoms with Gasteiger partial charge in [-0.1, -0.05) is 0 Å². The molecule has 1 aromatic heterocycles. The van der Waals surface area contributed by atoms with Crippen molar-refractivity contribution in [2.45, 2.75) is 50.5 Å². The Morgan fingerprint density at radius 1 is 1.17 bits per heavy atom. The number of imidazole rings is 1. The van der Waals surface area contributed by atoms with Crippen LogP contribution in [0.1, 0.15) is 44.2 Å². The zero-order valence-corrected chi connectivity index (χ0v) is 11.0. The predicted octanol–water partition coefficient (Wildman–Crippen LogP) is 2.31. The van der Waals surface area contributed by atoms with E-state index < -0.39 is 0 Å². The summed E-state index contributed by atoms with van der Waals surface area (Å²) in [7, 11) is 0. The summed E-state index contributed by atoms with van der Waals surface area (Å²) < 4.78 is 2.52. The van der Waals surface area contributed by atoms with Crippen molar-refractivity contribution in [1.82, 2.24) is 9.55 Å². The average Bonchev–Trinajstić information content (AvgIpc) is 2.76. The molecule has 4 fully saturated rings. The number of nitrogens with two attached hydrogens (primary N) is 1. The smallest absolute Gasteiger partial charge is 0.0953 e. The van der Waals surface area contributed by atoms with Crippen LogP contribution in [-0.4, -0.2) is 16.1 Å². The highest BCUT2D eigenvalue weighted by molar-refractivity contribution is 5.11. The van der Waals surface area contributed by atoms with Crippen LogP contribution in [0.3, 0.4) is 0 Å². The predicted molar refractivity (Wildman–Crippen MR) is 71.1 cm³/mol. The van der Waals surface area contributed by atoms with Gasteiger partial charge in [-0.3, -0.25) is 0 Å². The summed E-state index contributed by atoms with van der Waals surface area (Å²) in [6, 6.07) is 0. The molecule has 4 aliphatic carbocycles. The number of aromatic nitrogens is 2. The molecule has 4 aliphatic rings. The Hall–Kier alpha value is -0.830. The van der Waals surface area contributed by atoms with Gasteiger partial charge in [-0.2, -0.15) is 0 Å². The van der Waals surface area contributed by atoms with Crippen molar-refractivity contribution in [1.29, 1.82) is 0 Å². The van der Waals surface area contributed by atoms with Crippen LogP contribution in [0, 0.1) is 17.8 Å². The molecule has 1 heterocycles. The van der Waals surface area contributed by atoms with Gasteiger partial charge in [-0.25, -0.2) is 4.98 Å². The van der Waals surface area contributed by atoms with Crippen LogP contribution < -0.4 is 5.73 Å². The van der Waals surface area contributed by atoms with Crippen LogP contribution in [-0.2, 0) is 12.0 Å². The Bertz CT molecular complexity index is 413. The number of hydrogen-bond donors (Lipinski definition) is 1. The summed E-state index contributed by atoms with van der Waals surface area (Å²) in [5, 5.41) is 0. The first-order chi connectivity index (χ1) is 8.79. The molecule has 0 radical (unpaired) electrons. The zero-order valence-electron chi connectivity index (χ0n) is 11.0. The fraction of sp³-hybridized carbons (Fsp3) is 0.800. The molecule has 0 spiro atoms. The molecule has 0 saturated heterocycles. The lowest BCUT2D eigenvalue weighted by atomic mass is 9.53. The van der Waals surface area contributed by atoms with E-state index in [9.17, 15) is 0 Å². The van der Waals surface area contributed by atoms with E-state index in [1.165, 1.54) is 44.2 Å². The molecular weight excluding hydrogens is 222 g/mol. The highest BCUT2D eigenvalue weighted by atomic mass is 15.1. The van der Waals surface area contributed by atoms with Crippen molar-refractivity contribution in [2.75, 3.05) is 6.54 Å². The quantitative estimate of drug-likeness (QED) is 0.888. The third kappa shape index (κ3) is 1.49. The summed E-state index contributed by atoms with van der Waals surface area (Å²) in [5.41, 5.74) is 7.51. The molecule has 3 heteroatoms. The van der Waals surface area contributed by atoms with Crippen LogP contribution in [0.4, 0.5) is 0 Å². The lowest BCUT2D eigenvalue weighted by Crippen LogP contribution is -2.52. The minimum Gasteiger partial charge on any atom is -0.330 e. The molecule has 0 aromatic carbocycles. The van der Waals surface area contributed by atoms with Crippen LogP contribution in [0.25, 0.3) is 0 Å². The first-order valence-electron chi connectivity index (χ1n) is 7.51. The molecule has 2 N–H and O–H groups in total. The maximum atomic E-state index is 5.74. The summed E-state index contributed by atoms with van der Waals surface area (Å²) >= 11 is 0. The van der Waals surface area contributed by atoms with Gasteiger partial charge in [0.25, 0.3) is 0 Å². The molecule has 0 aliphatic heterocycles. The van der Waals surface area contributed by atoms with E-state index in [4.69, 9.17) is 5.73 Å². The van der Waals surface area contributed by atoms with Gasteiger partial charge in [0.15, 0.2) is 0 Å². The van der Waals surface area contributed by atoms with Gasteiger partial charge >= 0.3 is 0 Å². The number of hydrogen-bond acceptors (Lipinski definition) is 2. The molecule has 1 aromatic rings. The van der Waals surface area contributed by atoms with Gasteiger partial charge < -0.3 is 10.3 Å². The largest absolute Gasteiger partial charge is 0.330 e. The Labute approximate surface area is 109 Å². The van der Waals surface area contributed by atoms with Gasteiger partial charge in [0, 0.05) is 23.9 Å². The van der Waals surface area contributed by atoms with Gasteiger partial charge in [0.2, 0.25) is 0 Å². The standard InChI is InChI=1S/C15H23N3/c16-2-1-14-9-17-10-18(14)15-6-11-3-12(7-15)5-13(4-11)8-15/h9-13H,1-8,16H2. The first kappa shape index (κ1) is 11.0. The van der Waals surface area contributed by atoms with Gasteiger partial charge in [0.05, 0.1) is 6.33 Å². The summed E-state index contributed by atoms with van der Waals surface area (Å²) in [4.78, 5) is 4.41. The third-order valence-corrected chi connectivity index (χ3v) is 5.63. The molecule has 0 unspecified atom stereocenters. The average molecular weight is 245 g/mol. The van der Waals surface area contributed by atoms with E-state index in [1.54, 1.807) is 0 Å². The lowest BCUT2D eigenvalue weighted by Gasteiger charge is -2.57. The maximum Gasteiger partial charge on any atom is 0.0953 e. The molecule has 3 nitrogen and oxygen atoms in total. The fourth-order valence-electron chi connectivity index (χ4n) is 5.44. The van der Waals surface area contributed by atoms with Crippen molar-refractivity contribution in [3.05, 3.63) is 18.2 Å². The monoisotopic (exact) mass is 245 g/mol. The van der Waals surface area contributed by atoms with E-state index in [1.807, 2.05) is 6.20 Å². The van der Waals surface area contributed by atoms with E-state index >= 15 is 0 Å². The highest BCUT2D eigenvalue weighted by Crippen LogP contribution is 2.58. The van der Waals surface area contributed by atoms with Crippen LogP contribution in [0.5, 0.6) is 0 Å². The summed E-state index contributed by atoms with van der Waals surface area (Å²) in [5.74, 6) is 2.97. The molecule has 4 saturated carbocycles. The second kappa shape index (κ2) is 3.83. The third-order valence-electron chi connectivity index (χ3n) is 5.63. The molecule has 18 heavy (non-hydrogen) atoms. The molecule has 0 atom stereocenters. The first-order valence-corrected chi connectivity index (χ1v) is 7.51. The normalized spacial score (nSPS) is 41.5. The van der Waals surface area contributed by atoms with Crippen molar-refractivity contribution < 1.29 is 0 Å². The van der Waals surface area contributed by atoms with E-state index in [2.05, 4.69) is 15.9 Å². The zero-order chi connectivity index (χ0) is 12.2. The van der Waals surface area contributed by atoms with Gasteiger partial charge in [-0.15, -0.1) is 0 Å². The fourth-order valence-corrected chi connectivity index (χ4v) is 5.44. The molecule has 4 bridgehead atoms. The van der Waals surface area contributed by atoms with Crippen LogP contribution >= 0.6 is 0 Å². The molecule has 0 amide bonds. The second-order valence-corrected chi connectivity index (χ2v) is 6.94. The number of nitrogens with zero attached hydrogens (tertiary/aromatic N) is 2. The number of rotatable bonds is 3. The highest BCUT2D eigenvalue weighted by Gasteiger charge is 2.52. The minimum atomic E-state index is 0.412. The second-order valence-electron chi connectivity index (χ2n) is 6.94. The van der Waals surface area contributed by atoms with Crippen molar-refractivity contribution in [3.63, 3.8) is 0 Å². The van der Waals surface area contributed by atoms with Crippen LogP contribution in [0.2, 0.25) is 0 Å². The molecule has 5 rings (SSSR count). The van der Waals surface area contributed by atoms with Crippen molar-refractivity contribution in [2.24, 2.45) is 23.5 Å². The SMILES string of the molecule is NCCc1cncn1C12CC3CC(CC(C3)C1)C2. The Morgan fingerprint density at radius 2 is 1.78 bits per heavy atom. The lowest BCUT2D eigenvalue weighted by molar-refractivity contribution is -0.0443. The topological polar surface area (TPSA) is 43.8 Å². The molecular formula is C15H23N3. The van der Waals surface area contributed by atoms with E-state index in [0.717, 1.165) is 30.7 Å². The Kier molecular flexibility index (Phi) is 2.35. The Balaban J connectivity index is 1.72. The van der Waals surface area contributed by atoms with E-state index in [0.29, 0.717) is 5.54 Å². The van der Waals surface area contributed by atoms with Crippen molar-refractivity contribution >= 4 is 0 Å².